The van der Waals surface area contributed by atoms with Gasteiger partial charge >= 0.3 is 0 Å². The molecule has 0 aliphatic heterocycles. The van der Waals surface area contributed by atoms with Gasteiger partial charge in [-0.15, -0.1) is 0 Å². The first-order valence-electron chi connectivity index (χ1n) is 7.29. The Labute approximate surface area is 115 Å². The van der Waals surface area contributed by atoms with Gasteiger partial charge in [-0.1, -0.05) is 44.6 Å². The second-order valence-corrected chi connectivity index (χ2v) is 5.59. The molecule has 1 aliphatic rings. The zero-order valence-corrected chi connectivity index (χ0v) is 11.7. The number of hydrogen-bond donors (Lipinski definition) is 1. The number of halogens is 1. The predicted molar refractivity (Wildman–Crippen MR) is 75.7 cm³/mol. The van der Waals surface area contributed by atoms with Gasteiger partial charge in [-0.2, -0.15) is 0 Å². The van der Waals surface area contributed by atoms with Crippen molar-refractivity contribution in [2.75, 3.05) is 7.11 Å². The van der Waals surface area contributed by atoms with E-state index in [1.807, 2.05) is 0 Å². The molecule has 0 aromatic heterocycles. The molecule has 1 saturated carbocycles. The minimum Gasteiger partial charge on any atom is -0.497 e. The third-order valence-electron chi connectivity index (χ3n) is 4.17. The minimum atomic E-state index is -0.250. The highest BCUT2D eigenvalue weighted by Crippen LogP contribution is 2.31. The zero-order chi connectivity index (χ0) is 13.7. The molecule has 0 saturated heterocycles. The van der Waals surface area contributed by atoms with E-state index in [0.29, 0.717) is 17.2 Å². The number of nitrogens with two attached hydrogens (primary N) is 1. The van der Waals surface area contributed by atoms with E-state index in [-0.39, 0.29) is 11.9 Å². The molecule has 0 radical (unpaired) electrons. The maximum Gasteiger partial charge on any atom is 0.131 e. The highest BCUT2D eigenvalue weighted by Gasteiger charge is 2.19. The molecule has 1 unspecified atom stereocenters. The fraction of sp³-hybridized carbons (Fsp3) is 0.625. The van der Waals surface area contributed by atoms with Gasteiger partial charge in [-0.3, -0.25) is 0 Å². The van der Waals surface area contributed by atoms with Crippen molar-refractivity contribution in [3.63, 3.8) is 0 Å². The second kappa shape index (κ2) is 6.90. The Balaban J connectivity index is 2.00. The first-order valence-corrected chi connectivity index (χ1v) is 7.29. The van der Waals surface area contributed by atoms with E-state index in [9.17, 15) is 4.39 Å². The Morgan fingerprint density at radius 3 is 2.53 bits per heavy atom. The van der Waals surface area contributed by atoms with Crippen LogP contribution in [0.25, 0.3) is 0 Å². The SMILES string of the molecule is COc1ccc(C(N)CC2CCCCCC2)c(F)c1. The summed E-state index contributed by atoms with van der Waals surface area (Å²) in [4.78, 5) is 0. The lowest BCUT2D eigenvalue weighted by Crippen LogP contribution is -2.16. The van der Waals surface area contributed by atoms with Crippen molar-refractivity contribution < 1.29 is 9.13 Å². The number of methoxy groups -OCH3 is 1. The largest absolute Gasteiger partial charge is 0.497 e. The highest BCUT2D eigenvalue weighted by molar-refractivity contribution is 5.30. The monoisotopic (exact) mass is 265 g/mol. The van der Waals surface area contributed by atoms with Gasteiger partial charge in [0, 0.05) is 17.7 Å². The molecule has 106 valence electrons. The highest BCUT2D eigenvalue weighted by atomic mass is 19.1. The molecule has 1 atom stereocenters. The Morgan fingerprint density at radius 1 is 1.26 bits per heavy atom. The fourth-order valence-electron chi connectivity index (χ4n) is 3.02. The number of rotatable bonds is 4. The molecular weight excluding hydrogens is 241 g/mol. The first-order chi connectivity index (χ1) is 9.20. The van der Waals surface area contributed by atoms with Gasteiger partial charge in [0.1, 0.15) is 11.6 Å². The Kier molecular flexibility index (Phi) is 5.20. The van der Waals surface area contributed by atoms with Crippen LogP contribution in [0.15, 0.2) is 18.2 Å². The van der Waals surface area contributed by atoms with Crippen LogP contribution < -0.4 is 10.5 Å². The van der Waals surface area contributed by atoms with Gasteiger partial charge in [-0.25, -0.2) is 4.39 Å². The summed E-state index contributed by atoms with van der Waals surface area (Å²) in [6.45, 7) is 0. The molecule has 1 fully saturated rings. The second-order valence-electron chi connectivity index (χ2n) is 5.59. The van der Waals surface area contributed by atoms with Crippen LogP contribution in [-0.4, -0.2) is 7.11 Å². The molecule has 0 spiro atoms. The summed E-state index contributed by atoms with van der Waals surface area (Å²) in [5.41, 5.74) is 6.80. The number of benzene rings is 1. The van der Waals surface area contributed by atoms with Crippen LogP contribution in [0.5, 0.6) is 5.75 Å². The van der Waals surface area contributed by atoms with Gasteiger partial charge in [0.15, 0.2) is 0 Å². The van der Waals surface area contributed by atoms with E-state index in [1.165, 1.54) is 44.6 Å². The van der Waals surface area contributed by atoms with Crippen LogP contribution in [0.2, 0.25) is 0 Å². The van der Waals surface area contributed by atoms with Gasteiger partial charge < -0.3 is 10.5 Å². The molecule has 0 amide bonds. The average molecular weight is 265 g/mol. The number of hydrogen-bond acceptors (Lipinski definition) is 2. The van der Waals surface area contributed by atoms with Crippen LogP contribution >= 0.6 is 0 Å². The molecule has 1 aromatic rings. The Hall–Kier alpha value is -1.09. The summed E-state index contributed by atoms with van der Waals surface area (Å²) in [5.74, 6) is 0.947. The summed E-state index contributed by atoms with van der Waals surface area (Å²) < 4.78 is 19.0. The summed E-state index contributed by atoms with van der Waals surface area (Å²) in [6.07, 6.45) is 8.64. The van der Waals surface area contributed by atoms with Crippen molar-refractivity contribution in [3.05, 3.63) is 29.6 Å². The van der Waals surface area contributed by atoms with Crippen LogP contribution in [-0.2, 0) is 0 Å². The molecule has 0 bridgehead atoms. The van der Waals surface area contributed by atoms with Crippen molar-refractivity contribution in [1.29, 1.82) is 0 Å². The van der Waals surface area contributed by atoms with Crippen molar-refractivity contribution >= 4 is 0 Å². The molecule has 3 heteroatoms. The van der Waals surface area contributed by atoms with E-state index in [1.54, 1.807) is 19.2 Å². The van der Waals surface area contributed by atoms with E-state index < -0.39 is 0 Å². The Bertz CT molecular complexity index is 400. The van der Waals surface area contributed by atoms with E-state index in [0.717, 1.165) is 6.42 Å². The third-order valence-corrected chi connectivity index (χ3v) is 4.17. The average Bonchev–Trinajstić information content (AvgIpc) is 2.67. The lowest BCUT2D eigenvalue weighted by Gasteiger charge is -2.20. The maximum atomic E-state index is 14.0. The standard InChI is InChI=1S/C16H24FNO/c1-19-13-8-9-14(15(17)11-13)16(18)10-12-6-4-2-3-5-7-12/h8-9,11-12,16H,2-7,10,18H2,1H3. The van der Waals surface area contributed by atoms with Crippen molar-refractivity contribution in [2.24, 2.45) is 11.7 Å². The van der Waals surface area contributed by atoms with Crippen LogP contribution in [0, 0.1) is 11.7 Å². The predicted octanol–water partition coefficient (Wildman–Crippen LogP) is 4.19. The Morgan fingerprint density at radius 2 is 1.95 bits per heavy atom. The topological polar surface area (TPSA) is 35.2 Å². The summed E-state index contributed by atoms with van der Waals surface area (Å²) >= 11 is 0. The molecule has 0 heterocycles. The lowest BCUT2D eigenvalue weighted by molar-refractivity contribution is 0.384. The molecule has 1 aliphatic carbocycles. The molecule has 1 aromatic carbocycles. The van der Waals surface area contributed by atoms with Crippen molar-refractivity contribution in [2.45, 2.75) is 51.0 Å². The smallest absolute Gasteiger partial charge is 0.131 e. The summed E-state index contributed by atoms with van der Waals surface area (Å²) in [6, 6.07) is 4.76. The minimum absolute atomic E-state index is 0.200. The van der Waals surface area contributed by atoms with Crippen LogP contribution in [0.3, 0.4) is 0 Å². The molecule has 2 nitrogen and oxygen atoms in total. The maximum absolute atomic E-state index is 14.0. The summed E-state index contributed by atoms with van der Waals surface area (Å²) in [5, 5.41) is 0. The lowest BCUT2D eigenvalue weighted by atomic mass is 9.90. The quantitative estimate of drug-likeness (QED) is 0.828. The fourth-order valence-corrected chi connectivity index (χ4v) is 3.02. The summed E-state index contributed by atoms with van der Waals surface area (Å²) in [7, 11) is 1.54. The van der Waals surface area contributed by atoms with Gasteiger partial charge in [-0.05, 0) is 18.4 Å². The van der Waals surface area contributed by atoms with E-state index in [4.69, 9.17) is 10.5 Å². The molecule has 2 rings (SSSR count). The normalized spacial score (nSPS) is 18.9. The van der Waals surface area contributed by atoms with Crippen molar-refractivity contribution in [1.82, 2.24) is 0 Å². The molecular formula is C16H24FNO. The van der Waals surface area contributed by atoms with Gasteiger partial charge in [0.2, 0.25) is 0 Å². The van der Waals surface area contributed by atoms with E-state index >= 15 is 0 Å². The van der Waals surface area contributed by atoms with E-state index in [2.05, 4.69) is 0 Å². The first kappa shape index (κ1) is 14.3. The van der Waals surface area contributed by atoms with Gasteiger partial charge in [0.05, 0.1) is 7.11 Å². The van der Waals surface area contributed by atoms with Crippen molar-refractivity contribution in [3.8, 4) is 5.75 Å². The molecule has 19 heavy (non-hydrogen) atoms. The van der Waals surface area contributed by atoms with Crippen LogP contribution in [0.4, 0.5) is 4.39 Å². The molecule has 2 N–H and O–H groups in total. The van der Waals surface area contributed by atoms with Gasteiger partial charge in [0.25, 0.3) is 0 Å². The van der Waals surface area contributed by atoms with Crippen LogP contribution in [0.1, 0.15) is 56.6 Å². The number of ether oxygens (including phenoxy) is 1. The zero-order valence-electron chi connectivity index (χ0n) is 11.7. The third kappa shape index (κ3) is 3.93.